The van der Waals surface area contributed by atoms with Crippen LogP contribution in [0.4, 0.5) is 0 Å². The topological polar surface area (TPSA) is 88.1 Å². The molecule has 150 valence electrons. The molecule has 0 spiro atoms. The molecule has 0 aliphatic carbocycles. The molecule has 7 heteroatoms. The van der Waals surface area contributed by atoms with Crippen LogP contribution in [-0.2, 0) is 39.9 Å². The van der Waals surface area contributed by atoms with Crippen molar-refractivity contribution in [2.45, 2.75) is 72.1 Å². The molecule has 0 unspecified atom stereocenters. The van der Waals surface area contributed by atoms with Crippen molar-refractivity contribution in [1.29, 1.82) is 0 Å². The van der Waals surface area contributed by atoms with E-state index in [1.54, 1.807) is 20.8 Å². The monoisotopic (exact) mass is 380 g/mol. The van der Waals surface area contributed by atoms with Crippen LogP contribution in [0.5, 0.6) is 0 Å². The van der Waals surface area contributed by atoms with E-state index in [2.05, 4.69) is 0 Å². The first-order chi connectivity index (χ1) is 12.5. The van der Waals surface area contributed by atoms with E-state index in [1.807, 2.05) is 30.3 Å². The van der Waals surface area contributed by atoms with Crippen LogP contribution in [-0.4, -0.2) is 41.8 Å². The molecule has 1 aromatic rings. The number of benzene rings is 1. The van der Waals surface area contributed by atoms with E-state index >= 15 is 0 Å². The third-order valence-corrected chi connectivity index (χ3v) is 3.34. The van der Waals surface area contributed by atoms with E-state index in [9.17, 15) is 14.4 Å². The van der Waals surface area contributed by atoms with Gasteiger partial charge in [-0.25, -0.2) is 14.4 Å². The van der Waals surface area contributed by atoms with E-state index in [4.69, 9.17) is 18.9 Å². The minimum atomic E-state index is -1.17. The van der Waals surface area contributed by atoms with E-state index in [0.717, 1.165) is 5.56 Å². The molecule has 0 saturated carbocycles. The molecule has 0 aliphatic rings. The van der Waals surface area contributed by atoms with E-state index < -0.39 is 41.8 Å². The maximum atomic E-state index is 12.0. The van der Waals surface area contributed by atoms with Crippen LogP contribution in [0.1, 0.15) is 47.1 Å². The smallest absolute Gasteiger partial charge is 0.347 e. The van der Waals surface area contributed by atoms with Crippen LogP contribution in [0.3, 0.4) is 0 Å². The average Bonchev–Trinajstić information content (AvgIpc) is 2.58. The maximum Gasteiger partial charge on any atom is 0.347 e. The van der Waals surface area contributed by atoms with Crippen LogP contribution in [0, 0.1) is 0 Å². The molecule has 7 nitrogen and oxygen atoms in total. The fourth-order valence-corrected chi connectivity index (χ4v) is 2.06. The first kappa shape index (κ1) is 22.6. The van der Waals surface area contributed by atoms with Gasteiger partial charge in [0.25, 0.3) is 0 Å². The number of hydrogen-bond acceptors (Lipinski definition) is 7. The zero-order valence-corrected chi connectivity index (χ0v) is 16.7. The number of carbonyl (C=O) groups excluding carboxylic acids is 3. The van der Waals surface area contributed by atoms with Crippen LogP contribution in [0.2, 0.25) is 0 Å². The summed E-state index contributed by atoms with van der Waals surface area (Å²) >= 11 is 0. The Balaban J connectivity index is 2.44. The normalized spacial score (nSPS) is 14.6. The molecule has 0 aliphatic heterocycles. The van der Waals surface area contributed by atoms with Gasteiger partial charge in [0.05, 0.1) is 5.60 Å². The van der Waals surface area contributed by atoms with E-state index in [-0.39, 0.29) is 6.61 Å². The minimum Gasteiger partial charge on any atom is -0.458 e. The molecule has 0 aromatic heterocycles. The number of hydrogen-bond donors (Lipinski definition) is 0. The second-order valence-electron chi connectivity index (χ2n) is 7.12. The lowest BCUT2D eigenvalue weighted by Crippen LogP contribution is -2.37. The van der Waals surface area contributed by atoms with Crippen molar-refractivity contribution in [3.8, 4) is 0 Å². The summed E-state index contributed by atoms with van der Waals surface area (Å²) in [6.45, 7) is 9.78. The lowest BCUT2D eigenvalue weighted by atomic mass is 10.2. The fraction of sp³-hybridized carbons (Fsp3) is 0.550. The second-order valence-corrected chi connectivity index (χ2v) is 7.12. The Hall–Kier alpha value is -2.41. The van der Waals surface area contributed by atoms with Crippen molar-refractivity contribution in [3.05, 3.63) is 35.9 Å². The number of ether oxygens (including phenoxy) is 4. The summed E-state index contributed by atoms with van der Waals surface area (Å²) in [5.41, 5.74) is 0.290. The lowest BCUT2D eigenvalue weighted by Gasteiger charge is -2.24. The van der Waals surface area contributed by atoms with Gasteiger partial charge in [0, 0.05) is 0 Å². The Morgan fingerprint density at radius 1 is 0.815 bits per heavy atom. The predicted molar refractivity (Wildman–Crippen MR) is 97.6 cm³/mol. The number of rotatable bonds is 8. The van der Waals surface area contributed by atoms with Crippen molar-refractivity contribution in [3.63, 3.8) is 0 Å². The van der Waals surface area contributed by atoms with Gasteiger partial charge in [-0.1, -0.05) is 30.3 Å². The van der Waals surface area contributed by atoms with Gasteiger partial charge in [-0.3, -0.25) is 0 Å². The highest BCUT2D eigenvalue weighted by atomic mass is 16.6. The molecule has 0 fully saturated rings. The van der Waals surface area contributed by atoms with Gasteiger partial charge < -0.3 is 18.9 Å². The van der Waals surface area contributed by atoms with Gasteiger partial charge in [0.2, 0.25) is 0 Å². The summed E-state index contributed by atoms with van der Waals surface area (Å²) in [4.78, 5) is 35.9. The Kier molecular flexibility index (Phi) is 8.43. The molecule has 27 heavy (non-hydrogen) atoms. The third-order valence-electron chi connectivity index (χ3n) is 3.34. The third kappa shape index (κ3) is 8.68. The summed E-state index contributed by atoms with van der Waals surface area (Å²) in [6, 6.07) is 9.13. The molecular formula is C20H28O7. The molecule has 0 N–H and O–H groups in total. The second kappa shape index (κ2) is 10.1. The summed E-state index contributed by atoms with van der Waals surface area (Å²) in [5.74, 6) is -2.21. The Morgan fingerprint density at radius 2 is 1.30 bits per heavy atom. The van der Waals surface area contributed by atoms with Crippen LogP contribution >= 0.6 is 0 Å². The van der Waals surface area contributed by atoms with Crippen molar-refractivity contribution < 1.29 is 33.3 Å². The minimum absolute atomic E-state index is 0.0771. The van der Waals surface area contributed by atoms with Gasteiger partial charge in [0.15, 0.2) is 18.3 Å². The largest absolute Gasteiger partial charge is 0.458 e. The molecule has 0 bridgehead atoms. The zero-order valence-electron chi connectivity index (χ0n) is 16.7. The fourth-order valence-electron chi connectivity index (χ4n) is 2.06. The Morgan fingerprint density at radius 3 is 1.81 bits per heavy atom. The average molecular weight is 380 g/mol. The molecule has 0 saturated heterocycles. The van der Waals surface area contributed by atoms with Gasteiger partial charge in [0.1, 0.15) is 6.61 Å². The molecule has 1 rings (SSSR count). The summed E-state index contributed by atoms with van der Waals surface area (Å²) in [7, 11) is 0. The molecule has 0 amide bonds. The van der Waals surface area contributed by atoms with Crippen molar-refractivity contribution in [1.82, 2.24) is 0 Å². The highest BCUT2D eigenvalue weighted by molar-refractivity contribution is 5.83. The van der Waals surface area contributed by atoms with E-state index in [1.165, 1.54) is 20.8 Å². The predicted octanol–water partition coefficient (Wildman–Crippen LogP) is 2.80. The highest BCUT2D eigenvalue weighted by Gasteiger charge is 2.29. The SMILES string of the molecule is C[C@H](OC(C)(C)C)C(=O)O[C@H](C)C(=O)O[C@H](C)C(=O)OCc1ccccc1. The van der Waals surface area contributed by atoms with Crippen LogP contribution in [0.15, 0.2) is 30.3 Å². The Bertz CT molecular complexity index is 633. The van der Waals surface area contributed by atoms with Crippen molar-refractivity contribution in [2.24, 2.45) is 0 Å². The molecule has 0 heterocycles. The standard InChI is InChI=1S/C20H28O7/c1-13(17(21)24-12-16-10-8-7-9-11-16)25-18(22)14(2)26-19(23)15(3)27-20(4,5)6/h7-11,13-15H,12H2,1-6H3/t13-,14-,15+/m1/s1. The summed E-state index contributed by atoms with van der Waals surface area (Å²) < 4.78 is 20.6. The van der Waals surface area contributed by atoms with Gasteiger partial charge >= 0.3 is 17.9 Å². The number of esters is 3. The maximum absolute atomic E-state index is 12.0. The number of carbonyl (C=O) groups is 3. The van der Waals surface area contributed by atoms with Gasteiger partial charge in [-0.05, 0) is 47.1 Å². The quantitative estimate of drug-likeness (QED) is 0.506. The molecule has 0 radical (unpaired) electrons. The molecule has 1 aromatic carbocycles. The first-order valence-electron chi connectivity index (χ1n) is 8.79. The van der Waals surface area contributed by atoms with E-state index in [0.29, 0.717) is 0 Å². The van der Waals surface area contributed by atoms with Gasteiger partial charge in [-0.15, -0.1) is 0 Å². The van der Waals surface area contributed by atoms with Crippen LogP contribution in [0.25, 0.3) is 0 Å². The Labute approximate surface area is 159 Å². The summed E-state index contributed by atoms with van der Waals surface area (Å²) in [5, 5.41) is 0. The highest BCUT2D eigenvalue weighted by Crippen LogP contribution is 2.13. The van der Waals surface area contributed by atoms with Gasteiger partial charge in [-0.2, -0.15) is 0 Å². The molecule has 3 atom stereocenters. The van der Waals surface area contributed by atoms with Crippen molar-refractivity contribution in [2.75, 3.05) is 0 Å². The lowest BCUT2D eigenvalue weighted by molar-refractivity contribution is -0.183. The summed E-state index contributed by atoms with van der Waals surface area (Å²) in [6.07, 6.45) is -3.13. The van der Waals surface area contributed by atoms with Crippen molar-refractivity contribution >= 4 is 17.9 Å². The first-order valence-corrected chi connectivity index (χ1v) is 8.79. The zero-order chi connectivity index (χ0) is 20.6. The molecular weight excluding hydrogens is 352 g/mol. The van der Waals surface area contributed by atoms with Crippen LogP contribution < -0.4 is 0 Å².